The molecule has 0 aliphatic heterocycles. The summed E-state index contributed by atoms with van der Waals surface area (Å²) in [6, 6.07) is 0.158. The molecule has 0 aliphatic carbocycles. The van der Waals surface area contributed by atoms with E-state index in [-0.39, 0.29) is 6.07 Å². The molecular weight excluding hydrogens is 304 g/mol. The van der Waals surface area contributed by atoms with E-state index in [1.807, 2.05) is 0 Å². The first-order chi connectivity index (χ1) is 8.95. The van der Waals surface area contributed by atoms with E-state index in [0.717, 1.165) is 0 Å². The van der Waals surface area contributed by atoms with Crippen LogP contribution in [0.5, 0.6) is 5.75 Å². The molecule has 3 nitrogen and oxygen atoms in total. The zero-order chi connectivity index (χ0) is 15.7. The molecule has 0 amide bonds. The SMILES string of the molecule is NCc1cc(OC(F)(F)F)c(C(F)F)nc1C(F)(F)F. The minimum atomic E-state index is -5.35. The van der Waals surface area contributed by atoms with Crippen molar-refractivity contribution in [3.05, 3.63) is 23.0 Å². The molecule has 11 heteroatoms. The van der Waals surface area contributed by atoms with Crippen LogP contribution in [0.4, 0.5) is 35.1 Å². The molecule has 0 radical (unpaired) electrons. The van der Waals surface area contributed by atoms with Crippen molar-refractivity contribution >= 4 is 0 Å². The number of hydrogen-bond donors (Lipinski definition) is 1. The second-order valence-corrected chi connectivity index (χ2v) is 3.43. The van der Waals surface area contributed by atoms with Gasteiger partial charge in [0, 0.05) is 12.1 Å². The van der Waals surface area contributed by atoms with Crippen molar-refractivity contribution < 1.29 is 39.9 Å². The second kappa shape index (κ2) is 5.38. The van der Waals surface area contributed by atoms with Crippen LogP contribution in [-0.2, 0) is 12.7 Å². The summed E-state index contributed by atoms with van der Waals surface area (Å²) in [6.45, 7) is -0.848. The zero-order valence-electron chi connectivity index (χ0n) is 9.32. The second-order valence-electron chi connectivity index (χ2n) is 3.43. The average Bonchev–Trinajstić information content (AvgIpc) is 2.24. The lowest BCUT2D eigenvalue weighted by atomic mass is 10.1. The molecule has 114 valence electrons. The molecule has 0 atom stereocenters. The molecule has 0 spiro atoms. The van der Waals surface area contributed by atoms with Crippen LogP contribution in [0.1, 0.15) is 23.4 Å². The summed E-state index contributed by atoms with van der Waals surface area (Å²) in [5.74, 6) is -1.51. The van der Waals surface area contributed by atoms with Crippen LogP contribution < -0.4 is 10.5 Å². The predicted molar refractivity (Wildman–Crippen MR) is 48.8 cm³/mol. The van der Waals surface area contributed by atoms with E-state index in [4.69, 9.17) is 5.73 Å². The van der Waals surface area contributed by atoms with Crippen molar-refractivity contribution in [1.82, 2.24) is 4.98 Å². The van der Waals surface area contributed by atoms with Gasteiger partial charge in [-0.2, -0.15) is 13.2 Å². The maximum absolute atomic E-state index is 12.5. The first-order valence-corrected chi connectivity index (χ1v) is 4.80. The van der Waals surface area contributed by atoms with Gasteiger partial charge in [-0.1, -0.05) is 0 Å². The van der Waals surface area contributed by atoms with E-state index in [0.29, 0.717) is 0 Å². The van der Waals surface area contributed by atoms with Crippen molar-refractivity contribution in [2.45, 2.75) is 25.5 Å². The highest BCUT2D eigenvalue weighted by Gasteiger charge is 2.39. The summed E-state index contributed by atoms with van der Waals surface area (Å²) >= 11 is 0. The van der Waals surface area contributed by atoms with Crippen LogP contribution in [0.3, 0.4) is 0 Å². The highest BCUT2D eigenvalue weighted by atomic mass is 19.4. The smallest absolute Gasteiger partial charge is 0.404 e. The third-order valence-electron chi connectivity index (χ3n) is 2.02. The Morgan fingerprint density at radius 3 is 2.05 bits per heavy atom. The Hall–Kier alpha value is -1.65. The Morgan fingerprint density at radius 2 is 1.70 bits per heavy atom. The van der Waals surface area contributed by atoms with Crippen molar-refractivity contribution in [2.75, 3.05) is 0 Å². The number of ether oxygens (including phenoxy) is 1. The molecule has 2 N–H and O–H groups in total. The van der Waals surface area contributed by atoms with E-state index >= 15 is 0 Å². The Morgan fingerprint density at radius 1 is 1.15 bits per heavy atom. The van der Waals surface area contributed by atoms with Crippen LogP contribution in [0.2, 0.25) is 0 Å². The molecule has 0 unspecified atom stereocenters. The summed E-state index contributed by atoms with van der Waals surface area (Å²) in [5.41, 5.74) is 0.523. The normalized spacial score (nSPS) is 12.9. The predicted octanol–water partition coefficient (Wildman–Crippen LogP) is 3.40. The van der Waals surface area contributed by atoms with Crippen molar-refractivity contribution in [2.24, 2.45) is 5.73 Å². The molecule has 20 heavy (non-hydrogen) atoms. The van der Waals surface area contributed by atoms with Gasteiger partial charge in [0.15, 0.2) is 5.75 Å². The summed E-state index contributed by atoms with van der Waals surface area (Å²) in [4.78, 5) is 2.52. The van der Waals surface area contributed by atoms with Crippen molar-refractivity contribution in [3.63, 3.8) is 0 Å². The van der Waals surface area contributed by atoms with Crippen LogP contribution in [0, 0.1) is 0 Å². The Balaban J connectivity index is 3.46. The molecule has 1 rings (SSSR count). The zero-order valence-corrected chi connectivity index (χ0v) is 9.32. The van der Waals surface area contributed by atoms with Gasteiger partial charge < -0.3 is 10.5 Å². The standard InChI is InChI=1S/C9H6F8N2O/c10-7(11)5-4(20-9(15,16)17)1-3(2-18)6(19-5)8(12,13)14/h1,7H,2,18H2. The van der Waals surface area contributed by atoms with E-state index in [1.54, 1.807) is 0 Å². The van der Waals surface area contributed by atoms with Gasteiger partial charge in [0.1, 0.15) is 11.4 Å². The summed E-state index contributed by atoms with van der Waals surface area (Å²) < 4.78 is 102. The third-order valence-corrected chi connectivity index (χ3v) is 2.02. The van der Waals surface area contributed by atoms with Gasteiger partial charge in [0.25, 0.3) is 6.43 Å². The number of hydrogen-bond acceptors (Lipinski definition) is 3. The Kier molecular flexibility index (Phi) is 4.42. The van der Waals surface area contributed by atoms with Gasteiger partial charge >= 0.3 is 12.5 Å². The highest BCUT2D eigenvalue weighted by molar-refractivity contribution is 5.37. The first-order valence-electron chi connectivity index (χ1n) is 4.80. The number of rotatable bonds is 3. The molecule has 0 saturated heterocycles. The van der Waals surface area contributed by atoms with Gasteiger partial charge in [0.05, 0.1) is 0 Å². The fourth-order valence-corrected chi connectivity index (χ4v) is 1.31. The number of nitrogens with two attached hydrogens (primary N) is 1. The number of pyridine rings is 1. The lowest BCUT2D eigenvalue weighted by molar-refractivity contribution is -0.275. The van der Waals surface area contributed by atoms with E-state index in [9.17, 15) is 35.1 Å². The van der Waals surface area contributed by atoms with Crippen LogP contribution in [0.15, 0.2) is 6.07 Å². The quantitative estimate of drug-likeness (QED) is 0.871. The molecule has 0 fully saturated rings. The summed E-state index contributed by atoms with van der Waals surface area (Å²) in [6.07, 6.45) is -14.2. The number of halogens is 8. The minimum Gasteiger partial charge on any atom is -0.404 e. The minimum absolute atomic E-state index is 0.158. The molecule has 1 heterocycles. The summed E-state index contributed by atoms with van der Waals surface area (Å²) in [5, 5.41) is 0. The summed E-state index contributed by atoms with van der Waals surface area (Å²) in [7, 11) is 0. The van der Waals surface area contributed by atoms with Gasteiger partial charge in [-0.3, -0.25) is 0 Å². The largest absolute Gasteiger partial charge is 0.573 e. The van der Waals surface area contributed by atoms with E-state index in [1.165, 1.54) is 0 Å². The van der Waals surface area contributed by atoms with Crippen LogP contribution >= 0.6 is 0 Å². The molecule has 1 aromatic rings. The van der Waals surface area contributed by atoms with Gasteiger partial charge in [-0.05, 0) is 6.07 Å². The molecule has 0 aromatic carbocycles. The first kappa shape index (κ1) is 16.4. The number of aromatic nitrogens is 1. The van der Waals surface area contributed by atoms with Crippen LogP contribution in [0.25, 0.3) is 0 Å². The number of alkyl halides is 8. The molecular formula is C9H6F8N2O. The Labute approximate surface area is 106 Å². The average molecular weight is 310 g/mol. The lowest BCUT2D eigenvalue weighted by Crippen LogP contribution is -2.21. The topological polar surface area (TPSA) is 48.1 Å². The van der Waals surface area contributed by atoms with E-state index < -0.39 is 48.2 Å². The molecule has 0 bridgehead atoms. The Bertz CT molecular complexity index is 482. The third kappa shape index (κ3) is 3.92. The van der Waals surface area contributed by atoms with Crippen LogP contribution in [-0.4, -0.2) is 11.3 Å². The fraction of sp³-hybridized carbons (Fsp3) is 0.444. The monoisotopic (exact) mass is 310 g/mol. The lowest BCUT2D eigenvalue weighted by Gasteiger charge is -2.17. The maximum Gasteiger partial charge on any atom is 0.573 e. The van der Waals surface area contributed by atoms with Crippen molar-refractivity contribution in [1.29, 1.82) is 0 Å². The molecule has 0 aliphatic rings. The van der Waals surface area contributed by atoms with Crippen molar-refractivity contribution in [3.8, 4) is 5.75 Å². The molecule has 0 saturated carbocycles. The van der Waals surface area contributed by atoms with Gasteiger partial charge in [-0.25, -0.2) is 13.8 Å². The molecule has 1 aromatic heterocycles. The number of nitrogens with zero attached hydrogens (tertiary/aromatic N) is 1. The van der Waals surface area contributed by atoms with Gasteiger partial charge in [-0.15, -0.1) is 13.2 Å². The maximum atomic E-state index is 12.5. The highest BCUT2D eigenvalue weighted by Crippen LogP contribution is 2.38. The van der Waals surface area contributed by atoms with E-state index in [2.05, 4.69) is 9.72 Å². The van der Waals surface area contributed by atoms with Gasteiger partial charge in [0.2, 0.25) is 0 Å². The fourth-order valence-electron chi connectivity index (χ4n) is 1.31.